The first-order valence-corrected chi connectivity index (χ1v) is 28.8. The molecule has 0 N–H and O–H groups in total. The van der Waals surface area contributed by atoms with Gasteiger partial charge in [0, 0.05) is 46.1 Å². The Hall–Kier alpha value is -6.45. The van der Waals surface area contributed by atoms with E-state index in [-0.39, 0.29) is 54.3 Å². The van der Waals surface area contributed by atoms with Gasteiger partial charge in [0.1, 0.15) is 23.8 Å². The van der Waals surface area contributed by atoms with Crippen molar-refractivity contribution in [3.63, 3.8) is 0 Å². The molecule has 0 bridgehead atoms. The predicted octanol–water partition coefficient (Wildman–Crippen LogP) is 15.4. The summed E-state index contributed by atoms with van der Waals surface area (Å²) in [5.41, 5.74) is 7.11. The van der Waals surface area contributed by atoms with Crippen molar-refractivity contribution < 1.29 is 34.1 Å². The Kier molecular flexibility index (Phi) is 26.6. The van der Waals surface area contributed by atoms with Crippen LogP contribution in [-0.2, 0) is 34.1 Å². The molecule has 0 saturated carbocycles. The Balaban J connectivity index is 0.000000222. The maximum atomic E-state index is 4.76. The zero-order valence-corrected chi connectivity index (χ0v) is 49.5. The average molecular weight is 1210 g/mol. The summed E-state index contributed by atoms with van der Waals surface area (Å²) in [6.45, 7) is 9.08. The first-order chi connectivity index (χ1) is 37.1. The number of rotatable bonds is 11. The fourth-order valence-electron chi connectivity index (χ4n) is 9.04. The normalized spacial score (nSPS) is 12.6. The molecular formula is C68H65Cl2Cu2N5P2-2. The van der Waals surface area contributed by atoms with Crippen LogP contribution >= 0.6 is 39.0 Å². The summed E-state index contributed by atoms with van der Waals surface area (Å²) in [7, 11) is -1.78. The molecule has 3 aliphatic heterocycles. The number of alkyl halides is 2. The maximum absolute atomic E-state index is 4.76. The molecule has 11 heteroatoms. The van der Waals surface area contributed by atoms with Crippen LogP contribution in [0.2, 0.25) is 0 Å². The van der Waals surface area contributed by atoms with E-state index >= 15 is 0 Å². The molecular weight excluding hydrogens is 1150 g/mol. The second-order valence-corrected chi connectivity index (χ2v) is 22.8. The molecule has 0 spiro atoms. The standard InChI is InChI=1S/C27H23N2P.C27H22N2P.C11H11N.CH2Cl2.2CH3.2Cu/c2*1-4-12-23(13-5-1)28-20-21-29(22-28)26-18-10-11-19-27(26)30(24-14-6-2-7-15-24)25-16-8-3-9-17-25;1-10-6-2-3-7-11(10)12-8-4-5-9-12;2-1-3;;;;/h1-21H,22H2;1-22H;2-4,6-9H,1,5H2;1H2;2*1H3;;/q;-1;-2;;2*-1;;+2/p+1. The number of para-hydroxylation sites is 5. The quantitative estimate of drug-likeness (QED) is 0.0554. The van der Waals surface area contributed by atoms with E-state index in [0.29, 0.717) is 0 Å². The molecule has 3 aliphatic rings. The van der Waals surface area contributed by atoms with Crippen molar-refractivity contribution in [2.24, 2.45) is 0 Å². The molecule has 9 aromatic rings. The average Bonchev–Trinajstić information content (AvgIpc) is 4.34. The van der Waals surface area contributed by atoms with Crippen molar-refractivity contribution in [2.45, 2.75) is 6.42 Å². The van der Waals surface area contributed by atoms with Crippen molar-refractivity contribution in [1.82, 2.24) is 0 Å². The summed E-state index contributed by atoms with van der Waals surface area (Å²) in [5, 5.41) is 8.48. The largest absolute Gasteiger partial charge is 2.00 e. The summed E-state index contributed by atoms with van der Waals surface area (Å²) in [5.74, 6) is 0. The van der Waals surface area contributed by atoms with Crippen LogP contribution in [0.1, 0.15) is 12.0 Å². The molecule has 0 aromatic heterocycles. The van der Waals surface area contributed by atoms with Gasteiger partial charge in [0.25, 0.3) is 0 Å². The number of halogens is 2. The molecule has 2 radical (unpaired) electrons. The van der Waals surface area contributed by atoms with Crippen LogP contribution in [0.4, 0.5) is 28.4 Å². The third-order valence-corrected chi connectivity index (χ3v) is 17.8. The molecule has 9 aromatic carbocycles. The molecule has 0 atom stereocenters. The van der Waals surface area contributed by atoms with E-state index < -0.39 is 15.8 Å². The Labute approximate surface area is 505 Å². The topological polar surface area (TPSA) is 16.2 Å². The Morgan fingerprint density at radius 2 is 0.873 bits per heavy atom. The third kappa shape index (κ3) is 16.8. The third-order valence-electron chi connectivity index (χ3n) is 12.5. The summed E-state index contributed by atoms with van der Waals surface area (Å²) in [6, 6.07) is 90.3. The minimum Gasteiger partial charge on any atom is -0.553 e. The maximum Gasteiger partial charge on any atom is 2.00 e. The van der Waals surface area contributed by atoms with Gasteiger partial charge in [0.2, 0.25) is 0 Å². The molecule has 3 heterocycles. The van der Waals surface area contributed by atoms with Crippen LogP contribution < -0.4 is 56.3 Å². The number of nitrogens with zero attached hydrogens (tertiary/aromatic N) is 5. The molecule has 0 amide bonds. The second-order valence-electron chi connectivity index (χ2n) is 17.3. The van der Waals surface area contributed by atoms with E-state index in [2.05, 4.69) is 312 Å². The summed E-state index contributed by atoms with van der Waals surface area (Å²) < 4.78 is 0. The van der Waals surface area contributed by atoms with Crippen molar-refractivity contribution in [3.8, 4) is 0 Å². The minimum atomic E-state index is -1.14. The van der Waals surface area contributed by atoms with Crippen molar-refractivity contribution in [2.75, 3.05) is 36.5 Å². The van der Waals surface area contributed by atoms with E-state index in [1.54, 1.807) is 0 Å². The van der Waals surface area contributed by atoms with Gasteiger partial charge in [-0.05, 0) is 104 Å². The first-order valence-electron chi connectivity index (χ1n) is 24.9. The van der Waals surface area contributed by atoms with Crippen LogP contribution in [0, 0.1) is 35.0 Å². The molecule has 5 nitrogen and oxygen atoms in total. The molecule has 0 saturated heterocycles. The van der Waals surface area contributed by atoms with Crippen molar-refractivity contribution in [1.29, 1.82) is 0 Å². The van der Waals surface area contributed by atoms with Gasteiger partial charge < -0.3 is 39.4 Å². The van der Waals surface area contributed by atoms with Crippen LogP contribution in [0.3, 0.4) is 0 Å². The summed E-state index contributed by atoms with van der Waals surface area (Å²) in [4.78, 5) is 11.1. The van der Waals surface area contributed by atoms with E-state index in [1.165, 1.54) is 54.6 Å². The van der Waals surface area contributed by atoms with Gasteiger partial charge in [0.15, 0.2) is 0 Å². The molecule has 79 heavy (non-hydrogen) atoms. The molecule has 0 fully saturated rings. The van der Waals surface area contributed by atoms with Crippen LogP contribution in [0.5, 0.6) is 0 Å². The zero-order chi connectivity index (χ0) is 51.4. The fraction of sp³-hybridized carbons (Fsp3) is 0.0441. The molecule has 0 aliphatic carbocycles. The van der Waals surface area contributed by atoms with Crippen LogP contribution in [0.25, 0.3) is 0 Å². The van der Waals surface area contributed by atoms with Crippen LogP contribution in [-0.4, -0.2) is 12.0 Å². The zero-order valence-electron chi connectivity index (χ0n) is 44.2. The Morgan fingerprint density at radius 3 is 1.41 bits per heavy atom. The van der Waals surface area contributed by atoms with Crippen molar-refractivity contribution >= 4 is 99.3 Å². The summed E-state index contributed by atoms with van der Waals surface area (Å²) in [6.07, 6.45) is 13.8. The van der Waals surface area contributed by atoms with Crippen LogP contribution in [0.15, 0.2) is 292 Å². The Bertz CT molecular complexity index is 2970. The van der Waals surface area contributed by atoms with Gasteiger partial charge in [-0.25, -0.2) is 6.54 Å². The van der Waals surface area contributed by atoms with Gasteiger partial charge in [-0.2, -0.15) is 18.6 Å². The predicted molar refractivity (Wildman–Crippen MR) is 343 cm³/mol. The summed E-state index contributed by atoms with van der Waals surface area (Å²) >= 11 is 9.53. The SMILES string of the molecule is C1=CN(c2ccccc2P(c2ccccc2)c2ccccc2)CN1c1ccccc1.C1=CN(c2ccccc2[PH+](c2ccccc2)c2ccccc2)[CH-]N1c1ccccc1.ClCCl.[CH2-]c1ccccc1N1C=CC[CH-]1.[CH3-].[CH3-].[Cu+2].[Cu]. The minimum absolute atomic E-state index is 0. The smallest absolute Gasteiger partial charge is 0.553 e. The molecule has 12 rings (SSSR count). The van der Waals surface area contributed by atoms with Gasteiger partial charge in [-0.3, -0.25) is 0 Å². The van der Waals surface area contributed by atoms with Gasteiger partial charge >= 0.3 is 17.1 Å². The van der Waals surface area contributed by atoms with E-state index in [1.807, 2.05) is 24.3 Å². The second kappa shape index (κ2) is 33.2. The molecule has 410 valence electrons. The van der Waals surface area contributed by atoms with E-state index in [4.69, 9.17) is 23.2 Å². The number of anilines is 5. The first kappa shape index (κ1) is 63.4. The van der Waals surface area contributed by atoms with Gasteiger partial charge in [0.05, 0.1) is 23.4 Å². The number of benzene rings is 9. The van der Waals surface area contributed by atoms with Gasteiger partial charge in [-0.1, -0.05) is 188 Å². The number of hydrogen-bond donors (Lipinski definition) is 0. The van der Waals surface area contributed by atoms with Gasteiger partial charge in [-0.15, -0.1) is 42.4 Å². The fourth-order valence-corrected chi connectivity index (χ4v) is 14.2. The Morgan fingerprint density at radius 1 is 0.443 bits per heavy atom. The number of hydrogen-bond acceptors (Lipinski definition) is 5. The monoisotopic (exact) mass is 1210 g/mol. The molecule has 0 unspecified atom stereocenters. The van der Waals surface area contributed by atoms with E-state index in [0.717, 1.165) is 24.3 Å². The van der Waals surface area contributed by atoms with Crippen molar-refractivity contribution in [3.05, 3.63) is 332 Å². The van der Waals surface area contributed by atoms with E-state index in [9.17, 15) is 0 Å².